The summed E-state index contributed by atoms with van der Waals surface area (Å²) in [5.41, 5.74) is 10.1. The van der Waals surface area contributed by atoms with Gasteiger partial charge >= 0.3 is 0 Å². The molecule has 0 unspecified atom stereocenters. The summed E-state index contributed by atoms with van der Waals surface area (Å²) in [5, 5.41) is 16.3. The third kappa shape index (κ3) is 7.37. The number of nitrogens with two attached hydrogens (primary N) is 1. The highest BCUT2D eigenvalue weighted by molar-refractivity contribution is 5.99. The van der Waals surface area contributed by atoms with Crippen molar-refractivity contribution in [3.63, 3.8) is 0 Å². The average Bonchev–Trinajstić information content (AvgIpc) is 3.63. The molecular formula is C30H38N8O3. The molecule has 2 aliphatic heterocycles. The summed E-state index contributed by atoms with van der Waals surface area (Å²) < 4.78 is 1.68. The van der Waals surface area contributed by atoms with Crippen LogP contribution in [-0.4, -0.2) is 105 Å². The molecule has 11 heteroatoms. The molecule has 0 saturated carbocycles. The second-order valence-corrected chi connectivity index (χ2v) is 10.7. The highest BCUT2D eigenvalue weighted by atomic mass is 16.3. The number of benzene rings is 1. The van der Waals surface area contributed by atoms with Gasteiger partial charge in [0.15, 0.2) is 0 Å². The molecule has 41 heavy (non-hydrogen) atoms. The topological polar surface area (TPSA) is 133 Å². The van der Waals surface area contributed by atoms with Crippen LogP contribution in [0.1, 0.15) is 27.9 Å². The lowest BCUT2D eigenvalue weighted by Gasteiger charge is -2.34. The Hall–Kier alpha value is -4.06. The second kappa shape index (κ2) is 13.1. The Balaban J connectivity index is 1.10. The van der Waals surface area contributed by atoms with E-state index in [1.165, 1.54) is 5.56 Å². The Morgan fingerprint density at radius 3 is 2.54 bits per heavy atom. The zero-order valence-electron chi connectivity index (χ0n) is 23.4. The SMILES string of the molecule is Cn1cc(-c2cnc(N)c(C(=O)N[C@@H]3CCN(C(=O)/C=C/c4ccc(CN5CCN(CCO)CC5)cc4)C3)c2)cn1. The number of pyridine rings is 1. The molecule has 0 aliphatic carbocycles. The van der Waals surface area contributed by atoms with Crippen LogP contribution in [0.5, 0.6) is 0 Å². The Morgan fingerprint density at radius 2 is 1.83 bits per heavy atom. The number of hydrogen-bond acceptors (Lipinski definition) is 8. The lowest BCUT2D eigenvalue weighted by molar-refractivity contribution is -0.125. The number of aromatic nitrogens is 3. The molecule has 4 heterocycles. The molecule has 0 radical (unpaired) electrons. The number of aryl methyl sites for hydroxylation is 1. The Kier molecular flexibility index (Phi) is 9.07. The van der Waals surface area contributed by atoms with Crippen LogP contribution in [0.25, 0.3) is 17.2 Å². The summed E-state index contributed by atoms with van der Waals surface area (Å²) in [5.74, 6) is -0.218. The summed E-state index contributed by atoms with van der Waals surface area (Å²) in [7, 11) is 1.83. The smallest absolute Gasteiger partial charge is 0.255 e. The first-order valence-electron chi connectivity index (χ1n) is 14.0. The van der Waals surface area contributed by atoms with E-state index in [4.69, 9.17) is 10.8 Å². The monoisotopic (exact) mass is 558 g/mol. The minimum atomic E-state index is -0.303. The van der Waals surface area contributed by atoms with Crippen LogP contribution in [0.3, 0.4) is 0 Å². The molecule has 5 rings (SSSR count). The third-order valence-electron chi connectivity index (χ3n) is 7.72. The predicted molar refractivity (Wildman–Crippen MR) is 158 cm³/mol. The number of hydrogen-bond donors (Lipinski definition) is 3. The lowest BCUT2D eigenvalue weighted by atomic mass is 10.1. The number of piperazine rings is 1. The van der Waals surface area contributed by atoms with E-state index in [1.54, 1.807) is 34.1 Å². The van der Waals surface area contributed by atoms with Crippen molar-refractivity contribution in [1.29, 1.82) is 0 Å². The molecule has 216 valence electrons. The summed E-state index contributed by atoms with van der Waals surface area (Å²) in [6.45, 7) is 6.82. The number of carbonyl (C=O) groups excluding carboxylic acids is 2. The van der Waals surface area contributed by atoms with Crippen LogP contribution in [0.4, 0.5) is 5.82 Å². The number of β-amino-alcohol motifs (C(OH)–C–C–N with tert-alkyl or cyclic N) is 1. The molecule has 11 nitrogen and oxygen atoms in total. The number of aliphatic hydroxyl groups excluding tert-OH is 1. The largest absolute Gasteiger partial charge is 0.395 e. The van der Waals surface area contributed by atoms with Crippen molar-refractivity contribution >= 4 is 23.7 Å². The van der Waals surface area contributed by atoms with Gasteiger partial charge in [-0.25, -0.2) is 4.98 Å². The fraction of sp³-hybridized carbons (Fsp3) is 0.400. The minimum absolute atomic E-state index is 0.0775. The maximum Gasteiger partial charge on any atom is 0.255 e. The summed E-state index contributed by atoms with van der Waals surface area (Å²) in [4.78, 5) is 36.5. The number of nitrogens with zero attached hydrogens (tertiary/aromatic N) is 6. The van der Waals surface area contributed by atoms with Gasteiger partial charge in [-0.05, 0) is 29.7 Å². The fourth-order valence-corrected chi connectivity index (χ4v) is 5.30. The van der Waals surface area contributed by atoms with Crippen LogP contribution >= 0.6 is 0 Å². The van der Waals surface area contributed by atoms with E-state index < -0.39 is 0 Å². The van der Waals surface area contributed by atoms with Gasteiger partial charge in [0.25, 0.3) is 5.91 Å². The molecule has 3 aromatic rings. The number of carbonyl (C=O) groups is 2. The van der Waals surface area contributed by atoms with Crippen molar-refractivity contribution in [2.75, 3.05) is 58.2 Å². The van der Waals surface area contributed by atoms with Crippen molar-refractivity contribution in [2.24, 2.45) is 7.05 Å². The van der Waals surface area contributed by atoms with Gasteiger partial charge in [0.05, 0.1) is 18.4 Å². The van der Waals surface area contributed by atoms with Crippen LogP contribution < -0.4 is 11.1 Å². The first-order valence-corrected chi connectivity index (χ1v) is 14.0. The molecule has 2 fully saturated rings. The van der Waals surface area contributed by atoms with Gasteiger partial charge in [0.2, 0.25) is 5.91 Å². The van der Waals surface area contributed by atoms with Crippen LogP contribution in [0, 0.1) is 0 Å². The first-order chi connectivity index (χ1) is 19.9. The van der Waals surface area contributed by atoms with Gasteiger partial charge in [0.1, 0.15) is 5.82 Å². The van der Waals surface area contributed by atoms with Crippen molar-refractivity contribution in [1.82, 2.24) is 34.8 Å². The van der Waals surface area contributed by atoms with E-state index in [2.05, 4.69) is 37.3 Å². The maximum absolute atomic E-state index is 13.0. The Labute approximate surface area is 240 Å². The fourth-order valence-electron chi connectivity index (χ4n) is 5.30. The van der Waals surface area contributed by atoms with Crippen molar-refractivity contribution in [2.45, 2.75) is 19.0 Å². The number of rotatable bonds is 9. The molecule has 0 bridgehead atoms. The summed E-state index contributed by atoms with van der Waals surface area (Å²) >= 11 is 0. The number of anilines is 1. The zero-order chi connectivity index (χ0) is 28.8. The normalized spacial score (nSPS) is 18.3. The molecule has 2 aliphatic rings. The molecule has 0 spiro atoms. The number of nitrogen functional groups attached to an aromatic ring is 1. The molecule has 4 N–H and O–H groups in total. The number of likely N-dealkylation sites (tertiary alicyclic amines) is 1. The van der Waals surface area contributed by atoms with Gasteiger partial charge in [-0.3, -0.25) is 24.1 Å². The van der Waals surface area contributed by atoms with E-state index in [9.17, 15) is 9.59 Å². The first kappa shape index (κ1) is 28.5. The third-order valence-corrected chi connectivity index (χ3v) is 7.72. The standard InChI is InChI=1S/C30H38N8O3/c1-35-20-25(18-33-35)24-16-27(29(31)32-17-24)30(41)34-26-8-9-38(21-26)28(40)7-6-22-2-4-23(5-3-22)19-37-12-10-36(11-13-37)14-15-39/h2-7,16-18,20,26,39H,8-15,19,21H2,1H3,(H2,31,32)(H,34,41)/b7-6+/t26-/m1/s1. The minimum Gasteiger partial charge on any atom is -0.395 e. The van der Waals surface area contributed by atoms with Gasteiger partial charge in [-0.15, -0.1) is 0 Å². The quantitative estimate of drug-likeness (QED) is 0.334. The molecular weight excluding hydrogens is 520 g/mol. The Bertz CT molecular complexity index is 1380. The zero-order valence-corrected chi connectivity index (χ0v) is 23.4. The average molecular weight is 559 g/mol. The second-order valence-electron chi connectivity index (χ2n) is 10.7. The summed E-state index contributed by atoms with van der Waals surface area (Å²) in [6, 6.07) is 9.84. The van der Waals surface area contributed by atoms with E-state index >= 15 is 0 Å². The van der Waals surface area contributed by atoms with Gasteiger partial charge in [-0.1, -0.05) is 24.3 Å². The molecule has 2 saturated heterocycles. The highest BCUT2D eigenvalue weighted by Gasteiger charge is 2.27. The van der Waals surface area contributed by atoms with Crippen LogP contribution in [0.2, 0.25) is 0 Å². The number of aliphatic hydroxyl groups is 1. The highest BCUT2D eigenvalue weighted by Crippen LogP contribution is 2.22. The lowest BCUT2D eigenvalue weighted by Crippen LogP contribution is -2.46. The molecule has 2 amide bonds. The molecule has 2 aromatic heterocycles. The van der Waals surface area contributed by atoms with Gasteiger partial charge < -0.3 is 21.1 Å². The van der Waals surface area contributed by atoms with Gasteiger partial charge in [-0.2, -0.15) is 5.10 Å². The number of nitrogens with one attached hydrogen (secondary N) is 1. The van der Waals surface area contributed by atoms with Crippen molar-refractivity contribution in [3.05, 3.63) is 71.7 Å². The van der Waals surface area contributed by atoms with Crippen molar-refractivity contribution in [3.8, 4) is 11.1 Å². The predicted octanol–water partition coefficient (Wildman–Crippen LogP) is 1.22. The summed E-state index contributed by atoms with van der Waals surface area (Å²) in [6.07, 6.45) is 9.29. The molecule has 1 aromatic carbocycles. The van der Waals surface area contributed by atoms with E-state index in [0.29, 0.717) is 25.1 Å². The Morgan fingerprint density at radius 1 is 1.07 bits per heavy atom. The van der Waals surface area contributed by atoms with Crippen LogP contribution in [-0.2, 0) is 18.4 Å². The molecule has 1 atom stereocenters. The van der Waals surface area contributed by atoms with E-state index in [-0.39, 0.29) is 30.3 Å². The van der Waals surface area contributed by atoms with Crippen molar-refractivity contribution < 1.29 is 14.7 Å². The van der Waals surface area contributed by atoms with Gasteiger partial charge in [0, 0.05) is 95.0 Å². The van der Waals surface area contributed by atoms with Crippen LogP contribution in [0.15, 0.2) is 55.0 Å². The number of amides is 2. The van der Waals surface area contributed by atoms with E-state index in [1.807, 2.05) is 31.5 Å². The van der Waals surface area contributed by atoms with E-state index in [0.717, 1.165) is 56.0 Å². The maximum atomic E-state index is 13.0.